The second-order valence-corrected chi connectivity index (χ2v) is 17.4. The number of carboxylic acid groups (broad SMARTS) is 1. The smallest absolute Gasteiger partial charge is 0.397 e. The van der Waals surface area contributed by atoms with Crippen LogP contribution in [0.25, 0.3) is 0 Å². The zero-order valence-corrected chi connectivity index (χ0v) is 35.1. The fraction of sp³-hybridized carbons (Fsp3) is 0.935. The number of nitrogens with two attached hydrogens (primary N) is 3. The molecule has 25 atom stereocenters. The van der Waals surface area contributed by atoms with E-state index < -0.39 is 180 Å². The van der Waals surface area contributed by atoms with E-state index >= 15 is 0 Å². The molecule has 0 amide bonds. The average molecular weight is 964 g/mol. The summed E-state index contributed by atoms with van der Waals surface area (Å²) in [5, 5.41) is 74.7. The number of carbonyl (C=O) groups excluding carboxylic acids is 1. The molecule has 5 heterocycles. The van der Waals surface area contributed by atoms with E-state index in [1.165, 1.54) is 21.0 Å². The van der Waals surface area contributed by atoms with Gasteiger partial charge >= 0.3 is 26.8 Å². The van der Waals surface area contributed by atoms with Gasteiger partial charge in [-0.3, -0.25) is 9.11 Å². The van der Waals surface area contributed by atoms with Crippen LogP contribution in [-0.2, 0) is 86.1 Å². The van der Waals surface area contributed by atoms with Crippen LogP contribution in [0.4, 0.5) is 0 Å². The van der Waals surface area contributed by atoms with Crippen LogP contribution in [0.1, 0.15) is 20.8 Å². The molecule has 5 saturated heterocycles. The third kappa shape index (κ3) is 11.6. The Labute approximate surface area is 358 Å². The van der Waals surface area contributed by atoms with Gasteiger partial charge in [0, 0.05) is 7.11 Å². The largest absolute Gasteiger partial charge is 0.479 e. The van der Waals surface area contributed by atoms with E-state index in [1.54, 1.807) is 0 Å². The zero-order chi connectivity index (χ0) is 47.2. The van der Waals surface area contributed by atoms with Crippen molar-refractivity contribution in [2.75, 3.05) is 7.11 Å². The molecule has 32 heteroatoms. The van der Waals surface area contributed by atoms with Crippen LogP contribution in [-0.4, -0.2) is 234 Å². The molecule has 5 fully saturated rings. The Kier molecular flexibility index (Phi) is 17.0. The average Bonchev–Trinajstić information content (AvgIpc) is 3.19. The Morgan fingerprint density at radius 3 is 1.59 bits per heavy atom. The fourth-order valence-electron chi connectivity index (χ4n) is 7.60. The van der Waals surface area contributed by atoms with E-state index in [9.17, 15) is 71.3 Å². The van der Waals surface area contributed by atoms with Crippen LogP contribution in [0.15, 0.2) is 0 Å². The van der Waals surface area contributed by atoms with Gasteiger partial charge in [0.05, 0.1) is 36.4 Å². The number of aliphatic hydroxyl groups excluding tert-OH is 6. The highest BCUT2D eigenvalue weighted by atomic mass is 32.3. The summed E-state index contributed by atoms with van der Waals surface area (Å²) >= 11 is 0. The van der Waals surface area contributed by atoms with Crippen LogP contribution >= 0.6 is 0 Å². The summed E-state index contributed by atoms with van der Waals surface area (Å²) in [6.07, 6.45) is -40.5. The second-order valence-electron chi connectivity index (χ2n) is 15.3. The summed E-state index contributed by atoms with van der Waals surface area (Å²) in [5.41, 5.74) is 18.1. The lowest BCUT2D eigenvalue weighted by atomic mass is 9.95. The van der Waals surface area contributed by atoms with Crippen molar-refractivity contribution < 1.29 is 127 Å². The molecule has 0 aliphatic carbocycles. The van der Waals surface area contributed by atoms with Crippen LogP contribution < -0.4 is 17.2 Å². The lowest BCUT2D eigenvalue weighted by Crippen LogP contribution is -2.69. The van der Waals surface area contributed by atoms with E-state index in [0.717, 1.165) is 6.92 Å². The maximum Gasteiger partial charge on any atom is 0.397 e. The van der Waals surface area contributed by atoms with Crippen LogP contribution in [0.2, 0.25) is 0 Å². The maximum atomic E-state index is 12.4. The molecule has 0 aromatic heterocycles. The minimum absolute atomic E-state index is 0.0385. The number of aliphatic carboxylic acids is 1. The van der Waals surface area contributed by atoms with Gasteiger partial charge in [-0.25, -0.2) is 13.2 Å². The molecule has 0 bridgehead atoms. The van der Waals surface area contributed by atoms with Crippen molar-refractivity contribution in [3.63, 3.8) is 0 Å². The minimum Gasteiger partial charge on any atom is -0.479 e. The number of carbonyl (C=O) groups is 2. The van der Waals surface area contributed by atoms with Gasteiger partial charge in [-0.15, -0.1) is 0 Å². The number of rotatable bonds is 15. The molecule has 0 spiro atoms. The van der Waals surface area contributed by atoms with E-state index in [1.807, 2.05) is 0 Å². The van der Waals surface area contributed by atoms with Crippen molar-refractivity contribution in [2.45, 2.75) is 174 Å². The summed E-state index contributed by atoms with van der Waals surface area (Å²) < 4.78 is 132. The first-order valence-electron chi connectivity index (χ1n) is 19.0. The molecule has 0 radical (unpaired) electrons. The molecule has 15 N–H and O–H groups in total. The van der Waals surface area contributed by atoms with E-state index in [-0.39, 0.29) is 6.29 Å². The summed E-state index contributed by atoms with van der Waals surface area (Å²) in [4.78, 5) is 24.7. The summed E-state index contributed by atoms with van der Waals surface area (Å²) in [6.45, 7) is 3.86. The first-order valence-corrected chi connectivity index (χ1v) is 21.7. The number of carboxylic acids is 1. The molecule has 0 aromatic carbocycles. The maximum absolute atomic E-state index is 12.4. The Balaban J connectivity index is 1.36. The highest BCUT2D eigenvalue weighted by molar-refractivity contribution is 7.81. The molecule has 5 rings (SSSR count). The number of hydrogen-bond acceptors (Lipinski definition) is 27. The van der Waals surface area contributed by atoms with E-state index in [2.05, 4.69) is 4.18 Å². The molecule has 0 saturated carbocycles. The van der Waals surface area contributed by atoms with Crippen molar-refractivity contribution in [1.29, 1.82) is 0 Å². The van der Waals surface area contributed by atoms with E-state index in [4.69, 9.17) is 68.8 Å². The Bertz CT molecular complexity index is 1790. The minimum atomic E-state index is -5.51. The standard InChI is InChI=1S/C31H53N3O27S2/c1-6-13(36)14(37)10(32)28(51-6)58-23-16(39)17(40)30(59-25(23)26(42)43)56-20-8(3)53-29(12(34)22(20)60-62(44,45)46)57-21-9(5-35)54-31(24(18(21)41)61-63(47,48)49)55-19-7(2)52-27(50-4)11(33)15(19)38/h5-25,27-31,36-41H,32-34H2,1-4H3,(H,42,43)(H,44,45,46)(H,47,48,49). The molecule has 366 valence electrons. The normalized spacial score (nSPS) is 49.0. The fourth-order valence-corrected chi connectivity index (χ4v) is 8.60. The number of aliphatic hydroxyl groups is 6. The van der Waals surface area contributed by atoms with Crippen molar-refractivity contribution in [3.8, 4) is 0 Å². The van der Waals surface area contributed by atoms with Crippen LogP contribution in [0, 0.1) is 0 Å². The topological polar surface area (TPSA) is 473 Å². The monoisotopic (exact) mass is 963 g/mol. The van der Waals surface area contributed by atoms with Gasteiger partial charge in [0.2, 0.25) is 0 Å². The van der Waals surface area contributed by atoms with Crippen molar-refractivity contribution >= 4 is 33.1 Å². The summed E-state index contributed by atoms with van der Waals surface area (Å²) in [5.74, 6) is -1.82. The van der Waals surface area contributed by atoms with Crippen molar-refractivity contribution in [2.24, 2.45) is 17.2 Å². The van der Waals surface area contributed by atoms with Gasteiger partial charge in [-0.05, 0) is 20.8 Å². The molecule has 30 nitrogen and oxygen atoms in total. The van der Waals surface area contributed by atoms with E-state index in [0.29, 0.717) is 0 Å². The first kappa shape index (κ1) is 52.1. The lowest BCUT2D eigenvalue weighted by molar-refractivity contribution is -0.368. The Morgan fingerprint density at radius 2 is 1.02 bits per heavy atom. The van der Waals surface area contributed by atoms with Gasteiger partial charge in [0.15, 0.2) is 49.9 Å². The third-order valence-corrected chi connectivity index (χ3v) is 11.8. The van der Waals surface area contributed by atoms with Gasteiger partial charge in [0.1, 0.15) is 73.2 Å². The molecular formula is C31H53N3O27S2. The molecule has 5 aliphatic rings. The summed E-state index contributed by atoms with van der Waals surface area (Å²) in [6, 6.07) is -4.74. The predicted molar refractivity (Wildman–Crippen MR) is 193 cm³/mol. The second kappa shape index (κ2) is 20.6. The SMILES string of the molecule is COC1OC(C)C(OC2OC(C=O)C(OC3OC(C)C(OC4OC(C(=O)O)C(OC5OC(C)C(O)C(O)C5N)C(O)C4O)C(OS(=O)(=O)O)C3N)C(O)C2OS(=O)(=O)O)C(O)C1N. The van der Waals surface area contributed by atoms with Gasteiger partial charge < -0.3 is 105 Å². The van der Waals surface area contributed by atoms with Gasteiger partial charge in [0.25, 0.3) is 0 Å². The quantitative estimate of drug-likeness (QED) is 0.0536. The Hall–Kier alpha value is -1.88. The van der Waals surface area contributed by atoms with Crippen LogP contribution in [0.5, 0.6) is 0 Å². The molecule has 0 aromatic rings. The lowest BCUT2D eigenvalue weighted by Gasteiger charge is -2.49. The van der Waals surface area contributed by atoms with Crippen LogP contribution in [0.3, 0.4) is 0 Å². The number of methoxy groups -OCH3 is 1. The first-order chi connectivity index (χ1) is 29.2. The van der Waals surface area contributed by atoms with Crippen molar-refractivity contribution in [3.05, 3.63) is 0 Å². The van der Waals surface area contributed by atoms with Crippen molar-refractivity contribution in [1.82, 2.24) is 0 Å². The third-order valence-electron chi connectivity index (χ3n) is 10.9. The molecule has 63 heavy (non-hydrogen) atoms. The highest BCUT2D eigenvalue weighted by Crippen LogP contribution is 2.36. The van der Waals surface area contributed by atoms with Gasteiger partial charge in [-0.1, -0.05) is 0 Å². The zero-order valence-electron chi connectivity index (χ0n) is 33.4. The predicted octanol–water partition coefficient (Wildman–Crippen LogP) is -8.34. The summed E-state index contributed by atoms with van der Waals surface area (Å²) in [7, 11) is -9.76. The molecule has 25 unspecified atom stereocenters. The number of hydrogen-bond donors (Lipinski definition) is 12. The number of aldehydes is 1. The highest BCUT2D eigenvalue weighted by Gasteiger charge is 2.58. The molecule has 5 aliphatic heterocycles. The number of ether oxygens (including phenoxy) is 10. The van der Waals surface area contributed by atoms with Gasteiger partial charge in [-0.2, -0.15) is 16.8 Å². The molecular weight excluding hydrogens is 910 g/mol. The Morgan fingerprint density at radius 1 is 0.524 bits per heavy atom.